The maximum Gasteiger partial charge on any atom is 0.297 e. The number of hydrogen-bond acceptors (Lipinski definition) is 14. The molecule has 73 heavy (non-hydrogen) atoms. The van der Waals surface area contributed by atoms with Crippen LogP contribution in [0.3, 0.4) is 0 Å². The van der Waals surface area contributed by atoms with Crippen LogP contribution in [-0.4, -0.2) is 122 Å². The first-order chi connectivity index (χ1) is 35.2. The van der Waals surface area contributed by atoms with Crippen LogP contribution >= 0.6 is 0 Å². The Bertz CT molecular complexity index is 3060. The molecule has 3 aromatic carbocycles. The summed E-state index contributed by atoms with van der Waals surface area (Å²) in [5.41, 5.74) is 5.82. The first kappa shape index (κ1) is 48.0. The molecule has 17 nitrogen and oxygen atoms in total. The number of piperidine rings is 1. The van der Waals surface area contributed by atoms with Gasteiger partial charge in [0.2, 0.25) is 5.88 Å². The molecule has 1 saturated carbocycles. The molecule has 5 aromatic rings. The lowest BCUT2D eigenvalue weighted by molar-refractivity contribution is -0.384. The number of anilines is 4. The summed E-state index contributed by atoms with van der Waals surface area (Å²) in [6.07, 6.45) is 10.4. The molecule has 4 saturated heterocycles. The maximum absolute atomic E-state index is 14.8. The van der Waals surface area contributed by atoms with Gasteiger partial charge in [-0.2, -0.15) is 4.98 Å². The molecule has 8 heterocycles. The number of hydrogen-bond donors (Lipinski definition) is 3. The molecular formula is C55H67N9O8S. The van der Waals surface area contributed by atoms with E-state index in [2.05, 4.69) is 81.7 Å². The van der Waals surface area contributed by atoms with E-state index in [0.717, 1.165) is 62.6 Å². The minimum absolute atomic E-state index is 0.0347. The normalized spacial score (nSPS) is 25.0. The van der Waals surface area contributed by atoms with Gasteiger partial charge in [-0.15, -0.1) is 0 Å². The number of likely N-dealkylation sites (tertiary alicyclic amines) is 2. The summed E-state index contributed by atoms with van der Waals surface area (Å²) >= 11 is 0. The van der Waals surface area contributed by atoms with Crippen LogP contribution in [0.4, 0.5) is 28.4 Å². The van der Waals surface area contributed by atoms with Crippen molar-refractivity contribution in [3.05, 3.63) is 99.7 Å². The number of nitrogens with zero attached hydrogens (tertiary/aromatic N) is 6. The van der Waals surface area contributed by atoms with Crippen LogP contribution in [0.1, 0.15) is 113 Å². The number of ether oxygens (including phenoxy) is 3. The molecule has 0 radical (unpaired) electrons. The molecule has 7 aliphatic rings. The number of aromatic nitrogens is 2. The highest BCUT2D eigenvalue weighted by Crippen LogP contribution is 2.55. The molecule has 2 aromatic heterocycles. The molecule has 12 rings (SSSR count). The number of H-pyrrole nitrogens is 1. The van der Waals surface area contributed by atoms with Gasteiger partial charge in [-0.3, -0.25) is 24.7 Å². The van der Waals surface area contributed by atoms with Gasteiger partial charge in [-0.05, 0) is 110 Å². The topological polar surface area (TPSA) is 188 Å². The Morgan fingerprint density at radius 1 is 0.959 bits per heavy atom. The van der Waals surface area contributed by atoms with Crippen LogP contribution < -0.4 is 29.3 Å². The Kier molecular flexibility index (Phi) is 12.3. The number of carbonyl (C=O) groups is 1. The SMILES string of the molecule is CC(C)c1ccccc1[C@@H]1CCCN1C1CC2(CCN(c3ccc(C(=O)NS(=O)(=O)c4cc5c(c([N+](=O)[O-])c4)N[C@@H](CN4C[C@H]6C[C@@H]4CO6)CO5)c(N4CC[C@H](C(C)C)Oc5nc6[nH]ccc6cc54)c3)CC2)C1. The molecule has 1 spiro atoms. The highest BCUT2D eigenvalue weighted by Gasteiger charge is 2.50. The predicted molar refractivity (Wildman–Crippen MR) is 280 cm³/mol. The van der Waals surface area contributed by atoms with E-state index < -0.39 is 31.4 Å². The average molecular weight is 1010 g/mol. The molecule has 18 heteroatoms. The first-order valence-corrected chi connectivity index (χ1v) is 28.0. The summed E-state index contributed by atoms with van der Waals surface area (Å²) in [7, 11) is -4.68. The minimum Gasteiger partial charge on any atom is -0.489 e. The monoisotopic (exact) mass is 1010 g/mol. The maximum atomic E-state index is 14.8. The minimum atomic E-state index is -4.68. The Morgan fingerprint density at radius 2 is 1.78 bits per heavy atom. The van der Waals surface area contributed by atoms with Crippen LogP contribution in [0.25, 0.3) is 11.0 Å². The highest BCUT2D eigenvalue weighted by molar-refractivity contribution is 7.90. The molecule has 5 fully saturated rings. The van der Waals surface area contributed by atoms with E-state index >= 15 is 0 Å². The number of morpholine rings is 1. The number of nitro benzene ring substituents is 1. The fourth-order valence-corrected chi connectivity index (χ4v) is 14.3. The standard InChI is InChI=1S/C55H67N9O8S/c1-33(2)42-8-5-6-9-43(42)45-10-7-18-62(45)39-27-55(28-39)15-20-60(21-16-55)37-11-12-44(46(24-37)63-19-14-49(34(3)4)72-54-48(63)22-35-13-17-56-52(35)58-54)53(65)59-73(68,69)41-25-47(64(66)67)51-50(26-41)71-31-36(57-51)29-61-30-40-23-38(61)32-70-40/h5-6,8-9,11-13,17,22,24-26,33-34,36,38-40,45,49,57H,7,10,14-16,18-21,23,27-32H2,1-4H3,(H,56,58)(H,59,65)/t36-,38+,40+,45-,49+/m0/s1. The van der Waals surface area contributed by atoms with Crippen molar-refractivity contribution in [1.82, 2.24) is 24.5 Å². The van der Waals surface area contributed by atoms with E-state index in [9.17, 15) is 23.3 Å². The van der Waals surface area contributed by atoms with Gasteiger partial charge in [-0.1, -0.05) is 52.0 Å². The van der Waals surface area contributed by atoms with E-state index in [-0.39, 0.29) is 47.8 Å². The Balaban J connectivity index is 0.816. The van der Waals surface area contributed by atoms with Gasteiger partial charge in [0.1, 0.15) is 24.0 Å². The van der Waals surface area contributed by atoms with Gasteiger partial charge < -0.3 is 34.3 Å². The molecule has 5 atom stereocenters. The summed E-state index contributed by atoms with van der Waals surface area (Å²) in [5.74, 6) is 0.230. The second-order valence-electron chi connectivity index (χ2n) is 22.5. The van der Waals surface area contributed by atoms with Gasteiger partial charge in [0, 0.05) is 86.7 Å². The number of benzene rings is 3. The number of aromatic amines is 1. The van der Waals surface area contributed by atoms with Crippen LogP contribution in [0.2, 0.25) is 0 Å². The summed E-state index contributed by atoms with van der Waals surface area (Å²) in [5, 5.41) is 16.7. The Hall–Kier alpha value is -5.95. The van der Waals surface area contributed by atoms with E-state index in [1.807, 2.05) is 35.4 Å². The van der Waals surface area contributed by atoms with Crippen LogP contribution in [0, 0.1) is 21.4 Å². The van der Waals surface area contributed by atoms with Crippen LogP contribution in [0.15, 0.2) is 77.8 Å². The molecule has 1 amide bonds. The van der Waals surface area contributed by atoms with Crippen molar-refractivity contribution in [2.75, 3.05) is 67.6 Å². The lowest BCUT2D eigenvalue weighted by atomic mass is 9.59. The summed E-state index contributed by atoms with van der Waals surface area (Å²) in [4.78, 5) is 43.9. The molecule has 6 aliphatic heterocycles. The van der Waals surface area contributed by atoms with Gasteiger partial charge >= 0.3 is 0 Å². The van der Waals surface area contributed by atoms with Gasteiger partial charge in [-0.25, -0.2) is 13.1 Å². The van der Waals surface area contributed by atoms with E-state index in [1.54, 1.807) is 6.07 Å². The van der Waals surface area contributed by atoms with Gasteiger partial charge in [0.25, 0.3) is 21.6 Å². The number of rotatable bonds is 12. The summed E-state index contributed by atoms with van der Waals surface area (Å²) in [6, 6.07) is 21.9. The van der Waals surface area contributed by atoms with Crippen LogP contribution in [0.5, 0.6) is 11.6 Å². The summed E-state index contributed by atoms with van der Waals surface area (Å²) in [6.45, 7) is 14.4. The molecule has 3 N–H and O–H groups in total. The second kappa shape index (κ2) is 18.8. The zero-order valence-electron chi connectivity index (χ0n) is 42.2. The third-order valence-electron chi connectivity index (χ3n) is 17.2. The molecule has 0 unspecified atom stereocenters. The number of amides is 1. The van der Waals surface area contributed by atoms with E-state index in [4.69, 9.17) is 19.2 Å². The van der Waals surface area contributed by atoms with Gasteiger partial charge in [0.05, 0.1) is 39.8 Å². The number of nitro groups is 1. The van der Waals surface area contributed by atoms with Crippen molar-refractivity contribution >= 4 is 55.4 Å². The molecule has 386 valence electrons. The fraction of sp³-hybridized carbons (Fsp3) is 0.527. The highest BCUT2D eigenvalue weighted by atomic mass is 32.2. The smallest absolute Gasteiger partial charge is 0.297 e. The van der Waals surface area contributed by atoms with Crippen LogP contribution in [-0.2, 0) is 14.8 Å². The Morgan fingerprint density at radius 3 is 2.53 bits per heavy atom. The van der Waals surface area contributed by atoms with Gasteiger partial charge in [0.15, 0.2) is 11.4 Å². The third-order valence-corrected chi connectivity index (χ3v) is 18.6. The lowest BCUT2D eigenvalue weighted by Crippen LogP contribution is -2.55. The predicted octanol–water partition coefficient (Wildman–Crippen LogP) is 8.89. The van der Waals surface area contributed by atoms with Crippen molar-refractivity contribution in [2.24, 2.45) is 11.3 Å². The summed E-state index contributed by atoms with van der Waals surface area (Å²) < 4.78 is 49.5. The molecular weight excluding hydrogens is 947 g/mol. The van der Waals surface area contributed by atoms with Crippen molar-refractivity contribution in [3.8, 4) is 11.6 Å². The Labute approximate surface area is 427 Å². The number of sulfonamides is 1. The largest absolute Gasteiger partial charge is 0.489 e. The van der Waals surface area contributed by atoms with Crippen molar-refractivity contribution in [1.29, 1.82) is 0 Å². The van der Waals surface area contributed by atoms with Crippen molar-refractivity contribution in [3.63, 3.8) is 0 Å². The zero-order chi connectivity index (χ0) is 50.3. The fourth-order valence-electron chi connectivity index (χ4n) is 13.3. The number of carbonyl (C=O) groups excluding carboxylic acids is 1. The third kappa shape index (κ3) is 8.94. The quantitative estimate of drug-likeness (QED) is 0.0794. The van der Waals surface area contributed by atoms with Crippen molar-refractivity contribution < 1.29 is 32.3 Å². The number of pyridine rings is 1. The average Bonchev–Trinajstić information content (AvgIpc) is 4.20. The molecule has 2 bridgehead atoms. The van der Waals surface area contributed by atoms with E-state index in [1.165, 1.54) is 42.9 Å². The molecule has 1 aliphatic carbocycles. The zero-order valence-corrected chi connectivity index (χ0v) is 43.0. The van der Waals surface area contributed by atoms with E-state index in [0.29, 0.717) is 78.5 Å². The second-order valence-corrected chi connectivity index (χ2v) is 24.1. The number of nitrogens with one attached hydrogen (secondary N) is 3. The first-order valence-electron chi connectivity index (χ1n) is 26.5. The number of fused-ring (bicyclic) bond motifs is 5. The van der Waals surface area contributed by atoms with Crippen molar-refractivity contribution in [2.45, 2.75) is 126 Å². The lowest BCUT2D eigenvalue weighted by Gasteiger charge is -2.56.